The minimum Gasteiger partial charge on any atom is -0.496 e. The first kappa shape index (κ1) is 17.9. The predicted molar refractivity (Wildman–Crippen MR) is 109 cm³/mol. The van der Waals surface area contributed by atoms with Gasteiger partial charge in [0, 0.05) is 31.4 Å². The second-order valence-corrected chi connectivity index (χ2v) is 6.59. The number of hydrogen-bond acceptors (Lipinski definition) is 6. The molecule has 2 aromatic carbocycles. The minimum absolute atomic E-state index is 0.424. The molecular formula is C22H21N3O3. The third kappa shape index (κ3) is 3.49. The number of fused-ring (bicyclic) bond motifs is 1. The maximum absolute atomic E-state index is 5.85. The van der Waals surface area contributed by atoms with E-state index < -0.39 is 0 Å². The summed E-state index contributed by atoms with van der Waals surface area (Å²) in [6.07, 6.45) is 0. The molecule has 0 fully saturated rings. The average molecular weight is 375 g/mol. The van der Waals surface area contributed by atoms with Gasteiger partial charge >= 0.3 is 0 Å². The lowest BCUT2D eigenvalue weighted by atomic mass is 10.1. The molecule has 0 aliphatic heterocycles. The van der Waals surface area contributed by atoms with Crippen LogP contribution in [0.15, 0.2) is 65.2 Å². The van der Waals surface area contributed by atoms with Gasteiger partial charge in [0.15, 0.2) is 0 Å². The molecule has 0 bridgehead atoms. The van der Waals surface area contributed by atoms with Gasteiger partial charge in [-0.2, -0.15) is 4.98 Å². The number of anilines is 1. The van der Waals surface area contributed by atoms with Crippen LogP contribution in [-0.4, -0.2) is 31.3 Å². The Morgan fingerprint density at radius 2 is 1.86 bits per heavy atom. The van der Waals surface area contributed by atoms with Gasteiger partial charge in [0.2, 0.25) is 5.88 Å². The molecule has 0 aliphatic carbocycles. The zero-order valence-corrected chi connectivity index (χ0v) is 16.0. The van der Waals surface area contributed by atoms with Gasteiger partial charge in [0.25, 0.3) is 5.71 Å². The summed E-state index contributed by atoms with van der Waals surface area (Å²) in [7, 11) is 5.66. The number of benzene rings is 2. The summed E-state index contributed by atoms with van der Waals surface area (Å²) in [4.78, 5) is 6.50. The summed E-state index contributed by atoms with van der Waals surface area (Å²) in [5.74, 6) is 1.23. The molecule has 0 spiro atoms. The number of rotatable bonds is 6. The molecule has 0 saturated heterocycles. The summed E-state index contributed by atoms with van der Waals surface area (Å²) in [5, 5.41) is 5.00. The lowest BCUT2D eigenvalue weighted by Crippen LogP contribution is -2.09. The van der Waals surface area contributed by atoms with Crippen molar-refractivity contribution in [2.24, 2.45) is 0 Å². The van der Waals surface area contributed by atoms with E-state index in [1.54, 1.807) is 7.11 Å². The van der Waals surface area contributed by atoms with Gasteiger partial charge < -0.3 is 18.9 Å². The predicted octanol–water partition coefficient (Wildman–Crippen LogP) is 4.54. The van der Waals surface area contributed by atoms with E-state index in [9.17, 15) is 0 Å². The monoisotopic (exact) mass is 375 g/mol. The molecule has 142 valence electrons. The molecule has 2 heterocycles. The molecule has 0 unspecified atom stereocenters. The van der Waals surface area contributed by atoms with Crippen LogP contribution in [0.2, 0.25) is 0 Å². The van der Waals surface area contributed by atoms with Crippen LogP contribution in [0.25, 0.3) is 22.4 Å². The summed E-state index contributed by atoms with van der Waals surface area (Å²) < 4.78 is 16.7. The van der Waals surface area contributed by atoms with Crippen LogP contribution in [-0.2, 0) is 6.61 Å². The van der Waals surface area contributed by atoms with Crippen LogP contribution in [0.1, 0.15) is 5.56 Å². The van der Waals surface area contributed by atoms with Gasteiger partial charge in [-0.25, -0.2) is 0 Å². The lowest BCUT2D eigenvalue weighted by Gasteiger charge is -2.13. The Labute approximate surface area is 163 Å². The smallest absolute Gasteiger partial charge is 0.261 e. The van der Waals surface area contributed by atoms with Gasteiger partial charge in [-0.05, 0) is 35.9 Å². The average Bonchev–Trinajstić information content (AvgIpc) is 3.15. The Morgan fingerprint density at radius 3 is 2.68 bits per heavy atom. The number of nitrogens with zero attached hydrogens (tertiary/aromatic N) is 3. The van der Waals surface area contributed by atoms with E-state index in [-0.39, 0.29) is 0 Å². The second kappa shape index (κ2) is 7.60. The number of para-hydroxylation sites is 1. The Kier molecular flexibility index (Phi) is 4.85. The molecule has 0 atom stereocenters. The number of hydrogen-bond donors (Lipinski definition) is 0. The van der Waals surface area contributed by atoms with E-state index in [4.69, 9.17) is 14.0 Å². The number of methoxy groups -OCH3 is 1. The van der Waals surface area contributed by atoms with Crippen LogP contribution in [0.4, 0.5) is 5.69 Å². The van der Waals surface area contributed by atoms with Crippen molar-refractivity contribution in [1.82, 2.24) is 10.1 Å². The SMILES string of the molecule is COc1ccccc1-c1noc2nc(OCc3cccc(N(C)C)c3)ccc12. The van der Waals surface area contributed by atoms with Gasteiger partial charge in [-0.3, -0.25) is 0 Å². The second-order valence-electron chi connectivity index (χ2n) is 6.59. The standard InChI is InChI=1S/C22H21N3O3/c1-25(2)16-8-6-7-15(13-16)14-27-20-12-11-18-21(24-28-22(18)23-20)17-9-4-5-10-19(17)26-3/h4-13H,14H2,1-3H3. The Balaban J connectivity index is 1.57. The highest BCUT2D eigenvalue weighted by molar-refractivity contribution is 5.91. The van der Waals surface area contributed by atoms with Crippen LogP contribution < -0.4 is 14.4 Å². The van der Waals surface area contributed by atoms with Crippen molar-refractivity contribution in [3.8, 4) is 22.9 Å². The first-order valence-corrected chi connectivity index (χ1v) is 8.94. The van der Waals surface area contributed by atoms with E-state index in [1.165, 1.54) is 0 Å². The van der Waals surface area contributed by atoms with Gasteiger partial charge in [0.05, 0.1) is 12.5 Å². The Hall–Kier alpha value is -3.54. The summed E-state index contributed by atoms with van der Waals surface area (Å²) in [6.45, 7) is 0.424. The van der Waals surface area contributed by atoms with E-state index in [2.05, 4.69) is 27.2 Å². The fraction of sp³-hybridized carbons (Fsp3) is 0.182. The van der Waals surface area contributed by atoms with Crippen molar-refractivity contribution in [1.29, 1.82) is 0 Å². The molecule has 0 aliphatic rings. The minimum atomic E-state index is 0.424. The first-order chi connectivity index (χ1) is 13.7. The quantitative estimate of drug-likeness (QED) is 0.493. The van der Waals surface area contributed by atoms with Gasteiger partial charge in [0.1, 0.15) is 18.1 Å². The van der Waals surface area contributed by atoms with Crippen LogP contribution >= 0.6 is 0 Å². The lowest BCUT2D eigenvalue weighted by molar-refractivity contribution is 0.293. The summed E-state index contributed by atoms with van der Waals surface area (Å²) in [6, 6.07) is 19.6. The van der Waals surface area contributed by atoms with E-state index in [1.807, 2.05) is 62.6 Å². The molecule has 4 aromatic rings. The Morgan fingerprint density at radius 1 is 1.00 bits per heavy atom. The molecule has 6 heteroatoms. The molecular weight excluding hydrogens is 354 g/mol. The summed E-state index contributed by atoms with van der Waals surface area (Å²) in [5.41, 5.74) is 4.19. The van der Waals surface area contributed by atoms with Crippen molar-refractivity contribution >= 4 is 16.8 Å². The zero-order chi connectivity index (χ0) is 19.5. The molecule has 4 rings (SSSR count). The molecule has 0 amide bonds. The van der Waals surface area contributed by atoms with Crippen molar-refractivity contribution in [3.63, 3.8) is 0 Å². The number of ether oxygens (including phenoxy) is 2. The van der Waals surface area contributed by atoms with Gasteiger partial charge in [-0.1, -0.05) is 29.4 Å². The largest absolute Gasteiger partial charge is 0.496 e. The van der Waals surface area contributed by atoms with E-state index in [0.717, 1.165) is 28.0 Å². The topological polar surface area (TPSA) is 60.6 Å². The number of aromatic nitrogens is 2. The van der Waals surface area contributed by atoms with Gasteiger partial charge in [-0.15, -0.1) is 0 Å². The maximum Gasteiger partial charge on any atom is 0.261 e. The van der Waals surface area contributed by atoms with Crippen LogP contribution in [0, 0.1) is 0 Å². The van der Waals surface area contributed by atoms with E-state index in [0.29, 0.717) is 23.9 Å². The fourth-order valence-corrected chi connectivity index (χ4v) is 3.01. The molecule has 6 nitrogen and oxygen atoms in total. The highest BCUT2D eigenvalue weighted by Gasteiger charge is 2.16. The molecule has 2 aromatic heterocycles. The zero-order valence-electron chi connectivity index (χ0n) is 16.0. The molecule has 28 heavy (non-hydrogen) atoms. The van der Waals surface area contributed by atoms with Crippen molar-refractivity contribution < 1.29 is 14.0 Å². The molecule has 0 saturated carbocycles. The highest BCUT2D eigenvalue weighted by atomic mass is 16.5. The first-order valence-electron chi connectivity index (χ1n) is 8.94. The van der Waals surface area contributed by atoms with Crippen LogP contribution in [0.5, 0.6) is 11.6 Å². The normalized spacial score (nSPS) is 10.8. The Bertz CT molecular complexity index is 1110. The van der Waals surface area contributed by atoms with Crippen molar-refractivity contribution in [3.05, 3.63) is 66.2 Å². The third-order valence-electron chi connectivity index (χ3n) is 4.49. The number of pyridine rings is 1. The van der Waals surface area contributed by atoms with Crippen molar-refractivity contribution in [2.45, 2.75) is 6.61 Å². The summed E-state index contributed by atoms with van der Waals surface area (Å²) >= 11 is 0. The maximum atomic E-state index is 5.85. The third-order valence-corrected chi connectivity index (χ3v) is 4.49. The highest BCUT2D eigenvalue weighted by Crippen LogP contribution is 2.34. The molecule has 0 N–H and O–H groups in total. The fourth-order valence-electron chi connectivity index (χ4n) is 3.01. The molecule has 0 radical (unpaired) electrons. The van der Waals surface area contributed by atoms with Crippen LogP contribution in [0.3, 0.4) is 0 Å². The van der Waals surface area contributed by atoms with Crippen molar-refractivity contribution in [2.75, 3.05) is 26.1 Å². The van der Waals surface area contributed by atoms with E-state index >= 15 is 0 Å².